The summed E-state index contributed by atoms with van der Waals surface area (Å²) in [6.45, 7) is 2.40. The number of anilines is 1. The highest BCUT2D eigenvalue weighted by molar-refractivity contribution is 8.00. The van der Waals surface area contributed by atoms with Crippen molar-refractivity contribution in [1.29, 1.82) is 0 Å². The normalized spacial score (nSPS) is 10.2. The molecule has 25 heavy (non-hydrogen) atoms. The van der Waals surface area contributed by atoms with Crippen LogP contribution >= 0.6 is 11.8 Å². The van der Waals surface area contributed by atoms with Crippen LogP contribution in [-0.2, 0) is 4.79 Å². The molecule has 8 heteroatoms. The van der Waals surface area contributed by atoms with Crippen molar-refractivity contribution in [3.8, 4) is 11.5 Å². The molecule has 0 atom stereocenters. The van der Waals surface area contributed by atoms with Crippen LogP contribution in [0.2, 0.25) is 0 Å². The Bertz CT molecular complexity index is 749. The summed E-state index contributed by atoms with van der Waals surface area (Å²) in [6, 6.07) is 11.2. The Balaban J connectivity index is 1.92. The van der Waals surface area contributed by atoms with Gasteiger partial charge in [0.15, 0.2) is 11.5 Å². The number of methoxy groups -OCH3 is 1. The molecule has 0 spiro atoms. The first-order valence-electron chi connectivity index (χ1n) is 7.51. The second-order valence-corrected chi connectivity index (χ2v) is 5.94. The van der Waals surface area contributed by atoms with Crippen LogP contribution in [0.1, 0.15) is 6.92 Å². The maximum Gasteiger partial charge on any atom is 0.269 e. The number of nitro benzene ring substituents is 1. The molecule has 0 bridgehead atoms. The number of thioether (sulfide) groups is 1. The molecule has 2 aromatic rings. The Hall–Kier alpha value is -2.74. The van der Waals surface area contributed by atoms with Gasteiger partial charge in [-0.1, -0.05) is 0 Å². The summed E-state index contributed by atoms with van der Waals surface area (Å²) < 4.78 is 10.7. The van der Waals surface area contributed by atoms with E-state index in [1.165, 1.54) is 31.0 Å². The maximum absolute atomic E-state index is 12.1. The molecule has 1 amide bonds. The summed E-state index contributed by atoms with van der Waals surface area (Å²) in [7, 11) is 1.54. The molecule has 0 saturated heterocycles. The molecule has 2 rings (SSSR count). The van der Waals surface area contributed by atoms with Crippen LogP contribution in [0.25, 0.3) is 0 Å². The maximum atomic E-state index is 12.1. The van der Waals surface area contributed by atoms with Crippen molar-refractivity contribution in [1.82, 2.24) is 0 Å². The molecular weight excluding hydrogens is 344 g/mol. The smallest absolute Gasteiger partial charge is 0.269 e. The van der Waals surface area contributed by atoms with E-state index in [1.54, 1.807) is 30.3 Å². The molecule has 0 aromatic heterocycles. The number of carbonyl (C=O) groups excluding carboxylic acids is 1. The van der Waals surface area contributed by atoms with E-state index in [0.717, 1.165) is 4.90 Å². The summed E-state index contributed by atoms with van der Waals surface area (Å²) in [5, 5.41) is 13.4. The van der Waals surface area contributed by atoms with E-state index in [0.29, 0.717) is 23.8 Å². The van der Waals surface area contributed by atoms with Crippen LogP contribution in [0, 0.1) is 10.1 Å². The van der Waals surface area contributed by atoms with Crippen LogP contribution in [-0.4, -0.2) is 30.3 Å². The van der Waals surface area contributed by atoms with Gasteiger partial charge in [-0.15, -0.1) is 11.8 Å². The van der Waals surface area contributed by atoms with Gasteiger partial charge < -0.3 is 14.8 Å². The summed E-state index contributed by atoms with van der Waals surface area (Å²) in [6.07, 6.45) is 0. The molecule has 0 aliphatic heterocycles. The van der Waals surface area contributed by atoms with E-state index >= 15 is 0 Å². The van der Waals surface area contributed by atoms with Crippen molar-refractivity contribution < 1.29 is 19.2 Å². The molecule has 0 heterocycles. The van der Waals surface area contributed by atoms with E-state index in [4.69, 9.17) is 9.47 Å². The molecule has 0 radical (unpaired) electrons. The molecule has 0 fully saturated rings. The van der Waals surface area contributed by atoms with Gasteiger partial charge in [0, 0.05) is 28.8 Å². The second-order valence-electron chi connectivity index (χ2n) is 4.89. The van der Waals surface area contributed by atoms with E-state index < -0.39 is 4.92 Å². The third-order valence-corrected chi connectivity index (χ3v) is 4.18. The van der Waals surface area contributed by atoms with Crippen molar-refractivity contribution in [3.63, 3.8) is 0 Å². The van der Waals surface area contributed by atoms with Crippen molar-refractivity contribution in [2.45, 2.75) is 11.8 Å². The molecule has 0 aliphatic carbocycles. The fourth-order valence-corrected chi connectivity index (χ4v) is 2.73. The zero-order valence-corrected chi connectivity index (χ0v) is 14.7. The fourth-order valence-electron chi connectivity index (χ4n) is 2.03. The van der Waals surface area contributed by atoms with Crippen LogP contribution in [0.15, 0.2) is 47.4 Å². The predicted molar refractivity (Wildman–Crippen MR) is 96.6 cm³/mol. The lowest BCUT2D eigenvalue weighted by Gasteiger charge is -2.11. The highest BCUT2D eigenvalue weighted by Gasteiger charge is 2.09. The number of amides is 1. The number of ether oxygens (including phenoxy) is 2. The van der Waals surface area contributed by atoms with Gasteiger partial charge in [0.25, 0.3) is 5.69 Å². The van der Waals surface area contributed by atoms with Gasteiger partial charge in [0.05, 0.1) is 24.4 Å². The number of non-ortho nitro benzene ring substituents is 1. The summed E-state index contributed by atoms with van der Waals surface area (Å²) >= 11 is 1.30. The summed E-state index contributed by atoms with van der Waals surface area (Å²) in [5.41, 5.74) is 0.630. The Labute approximate surface area is 149 Å². The zero-order chi connectivity index (χ0) is 18.2. The number of hydrogen-bond acceptors (Lipinski definition) is 6. The van der Waals surface area contributed by atoms with Crippen LogP contribution in [0.5, 0.6) is 11.5 Å². The topological polar surface area (TPSA) is 90.7 Å². The van der Waals surface area contributed by atoms with Gasteiger partial charge >= 0.3 is 0 Å². The first-order valence-corrected chi connectivity index (χ1v) is 8.50. The number of nitrogens with one attached hydrogen (secondary N) is 1. The number of nitro groups is 1. The minimum absolute atomic E-state index is 0.0234. The fraction of sp³-hybridized carbons (Fsp3) is 0.235. The lowest BCUT2D eigenvalue weighted by atomic mass is 10.2. The van der Waals surface area contributed by atoms with E-state index in [2.05, 4.69) is 5.32 Å². The van der Waals surface area contributed by atoms with Crippen LogP contribution < -0.4 is 14.8 Å². The Morgan fingerprint density at radius 3 is 2.52 bits per heavy atom. The Morgan fingerprint density at radius 1 is 1.20 bits per heavy atom. The molecule has 0 unspecified atom stereocenters. The first kappa shape index (κ1) is 18.6. The summed E-state index contributed by atoms with van der Waals surface area (Å²) in [4.78, 5) is 23.0. The highest BCUT2D eigenvalue weighted by atomic mass is 32.2. The Morgan fingerprint density at radius 2 is 1.92 bits per heavy atom. The number of benzene rings is 2. The summed E-state index contributed by atoms with van der Waals surface area (Å²) in [5.74, 6) is 1.16. The number of nitrogens with zero attached hydrogens (tertiary/aromatic N) is 1. The molecule has 0 saturated carbocycles. The van der Waals surface area contributed by atoms with Crippen molar-refractivity contribution >= 4 is 29.0 Å². The third-order valence-electron chi connectivity index (χ3n) is 3.16. The predicted octanol–water partition coefficient (Wildman–Crippen LogP) is 3.73. The number of hydrogen-bond donors (Lipinski definition) is 1. The van der Waals surface area contributed by atoms with Crippen LogP contribution in [0.3, 0.4) is 0 Å². The monoisotopic (exact) mass is 362 g/mol. The quantitative estimate of drug-likeness (QED) is 0.437. The molecule has 0 aliphatic rings. The number of carbonyl (C=O) groups is 1. The largest absolute Gasteiger partial charge is 0.493 e. The SMILES string of the molecule is CCOc1ccc(NC(=O)CSc2ccc([N+](=O)[O-])cc2)cc1OC. The molecule has 7 nitrogen and oxygen atoms in total. The van der Waals surface area contributed by atoms with Gasteiger partial charge in [-0.05, 0) is 31.2 Å². The van der Waals surface area contributed by atoms with E-state index in [1.807, 2.05) is 6.92 Å². The minimum atomic E-state index is -0.458. The van der Waals surface area contributed by atoms with Crippen LogP contribution in [0.4, 0.5) is 11.4 Å². The number of rotatable bonds is 8. The molecule has 2 aromatic carbocycles. The minimum Gasteiger partial charge on any atom is -0.493 e. The van der Waals surface area contributed by atoms with Crippen molar-refractivity contribution in [3.05, 3.63) is 52.6 Å². The second kappa shape index (κ2) is 8.93. The van der Waals surface area contributed by atoms with Gasteiger partial charge in [-0.3, -0.25) is 14.9 Å². The van der Waals surface area contributed by atoms with Gasteiger partial charge in [-0.25, -0.2) is 0 Å². The lowest BCUT2D eigenvalue weighted by molar-refractivity contribution is -0.384. The van der Waals surface area contributed by atoms with Gasteiger partial charge in [0.2, 0.25) is 5.91 Å². The average Bonchev–Trinajstić information content (AvgIpc) is 2.61. The van der Waals surface area contributed by atoms with Crippen molar-refractivity contribution in [2.24, 2.45) is 0 Å². The van der Waals surface area contributed by atoms with E-state index in [-0.39, 0.29) is 17.3 Å². The lowest BCUT2D eigenvalue weighted by Crippen LogP contribution is -2.14. The Kier molecular flexibility index (Phi) is 6.64. The van der Waals surface area contributed by atoms with Crippen molar-refractivity contribution in [2.75, 3.05) is 24.8 Å². The molecule has 132 valence electrons. The van der Waals surface area contributed by atoms with Gasteiger partial charge in [0.1, 0.15) is 0 Å². The van der Waals surface area contributed by atoms with E-state index in [9.17, 15) is 14.9 Å². The zero-order valence-electron chi connectivity index (χ0n) is 13.9. The average molecular weight is 362 g/mol. The third kappa shape index (κ3) is 5.39. The molecular formula is C17H18N2O5S. The highest BCUT2D eigenvalue weighted by Crippen LogP contribution is 2.30. The standard InChI is InChI=1S/C17H18N2O5S/c1-3-24-15-9-4-12(10-16(15)23-2)18-17(20)11-25-14-7-5-13(6-8-14)19(21)22/h4-10H,3,11H2,1-2H3,(H,18,20). The van der Waals surface area contributed by atoms with Gasteiger partial charge in [-0.2, -0.15) is 0 Å². The first-order chi connectivity index (χ1) is 12.0. The molecule has 1 N–H and O–H groups in total.